The van der Waals surface area contributed by atoms with Crippen LogP contribution in [-0.2, 0) is 16.6 Å². The molecule has 1 atom stereocenters. The van der Waals surface area contributed by atoms with E-state index < -0.39 is 10.0 Å². The Morgan fingerprint density at radius 3 is 2.71 bits per heavy atom. The van der Waals surface area contributed by atoms with Crippen molar-refractivity contribution >= 4 is 26.7 Å². The fourth-order valence-electron chi connectivity index (χ4n) is 4.54. The zero-order chi connectivity index (χ0) is 21.6. The minimum atomic E-state index is -3.51. The number of benzene rings is 2. The monoisotopic (exact) mass is 439 g/mol. The molecule has 3 aromatic rings. The summed E-state index contributed by atoms with van der Waals surface area (Å²) in [7, 11) is -3.51. The van der Waals surface area contributed by atoms with E-state index in [-0.39, 0.29) is 17.5 Å². The highest BCUT2D eigenvalue weighted by Gasteiger charge is 2.35. The van der Waals surface area contributed by atoms with Crippen LogP contribution in [0.4, 0.5) is 5.69 Å². The van der Waals surface area contributed by atoms with Gasteiger partial charge in [0.2, 0.25) is 10.0 Å². The zero-order valence-electron chi connectivity index (χ0n) is 17.3. The van der Waals surface area contributed by atoms with E-state index >= 15 is 0 Å². The molecule has 8 heteroatoms. The molecule has 1 fully saturated rings. The van der Waals surface area contributed by atoms with Gasteiger partial charge in [-0.05, 0) is 63.0 Å². The number of nitrogens with one attached hydrogen (secondary N) is 2. The number of sulfonamides is 1. The summed E-state index contributed by atoms with van der Waals surface area (Å²) >= 11 is 0. The standard InChI is InChI=1S/C23H25N3O4S/c1-15-6-7-20-18(12-15)22(27)17(14-30-20)13-26-10-8-16(9-11-26)23-24-19-4-2-3-5-21(19)31(28,29)25-23/h2-7,12,14,16,23-25H,8-11,13H2,1H3/t23-/m0/s1. The molecule has 1 aromatic heterocycles. The van der Waals surface area contributed by atoms with Crippen molar-refractivity contribution in [1.29, 1.82) is 0 Å². The van der Waals surface area contributed by atoms with Crippen LogP contribution in [0.1, 0.15) is 24.0 Å². The molecule has 2 aromatic carbocycles. The van der Waals surface area contributed by atoms with Crippen LogP contribution in [0.3, 0.4) is 0 Å². The Morgan fingerprint density at radius 2 is 1.90 bits per heavy atom. The third-order valence-corrected chi connectivity index (χ3v) is 7.77. The van der Waals surface area contributed by atoms with Crippen molar-refractivity contribution in [3.05, 3.63) is 70.1 Å². The Labute approximate surface area is 181 Å². The van der Waals surface area contributed by atoms with E-state index in [1.165, 1.54) is 0 Å². The first-order valence-electron chi connectivity index (χ1n) is 10.5. The number of hydrogen-bond donors (Lipinski definition) is 2. The lowest BCUT2D eigenvalue weighted by Gasteiger charge is -2.38. The smallest absolute Gasteiger partial charge is 0.244 e. The highest BCUT2D eigenvalue weighted by Crippen LogP contribution is 2.31. The molecule has 2 N–H and O–H groups in total. The van der Waals surface area contributed by atoms with Gasteiger partial charge in [-0.2, -0.15) is 4.72 Å². The van der Waals surface area contributed by atoms with Gasteiger partial charge < -0.3 is 9.73 Å². The Morgan fingerprint density at radius 1 is 1.13 bits per heavy atom. The molecular weight excluding hydrogens is 414 g/mol. The van der Waals surface area contributed by atoms with E-state index in [2.05, 4.69) is 14.9 Å². The van der Waals surface area contributed by atoms with Gasteiger partial charge in [0.25, 0.3) is 0 Å². The number of aryl methyl sites for hydroxylation is 1. The Kier molecular flexibility index (Phi) is 5.08. The lowest BCUT2D eigenvalue weighted by Crippen LogP contribution is -2.51. The molecule has 2 aliphatic rings. The Bertz CT molecular complexity index is 1290. The zero-order valence-corrected chi connectivity index (χ0v) is 18.1. The van der Waals surface area contributed by atoms with Crippen LogP contribution in [0.25, 0.3) is 11.0 Å². The molecule has 2 aliphatic heterocycles. The van der Waals surface area contributed by atoms with Gasteiger partial charge in [0.1, 0.15) is 10.5 Å². The van der Waals surface area contributed by atoms with Crippen molar-refractivity contribution in [3.8, 4) is 0 Å². The Hall–Kier alpha value is -2.68. The predicted octanol–water partition coefficient (Wildman–Crippen LogP) is 3.04. The van der Waals surface area contributed by atoms with E-state index in [9.17, 15) is 13.2 Å². The molecule has 0 spiro atoms. The van der Waals surface area contributed by atoms with Gasteiger partial charge in [0, 0.05) is 12.1 Å². The van der Waals surface area contributed by atoms with Crippen molar-refractivity contribution in [3.63, 3.8) is 0 Å². The topological polar surface area (TPSA) is 91.7 Å². The fourth-order valence-corrected chi connectivity index (χ4v) is 5.93. The van der Waals surface area contributed by atoms with E-state index in [1.807, 2.05) is 31.2 Å². The summed E-state index contributed by atoms with van der Waals surface area (Å²) in [5.41, 5.74) is 2.96. The molecule has 1 saturated heterocycles. The predicted molar refractivity (Wildman–Crippen MR) is 119 cm³/mol. The van der Waals surface area contributed by atoms with Gasteiger partial charge in [-0.25, -0.2) is 8.42 Å². The molecule has 0 saturated carbocycles. The number of piperidine rings is 1. The number of hydrogen-bond acceptors (Lipinski definition) is 6. The minimum Gasteiger partial charge on any atom is -0.464 e. The highest BCUT2D eigenvalue weighted by atomic mass is 32.2. The van der Waals surface area contributed by atoms with Crippen molar-refractivity contribution in [1.82, 2.24) is 9.62 Å². The highest BCUT2D eigenvalue weighted by molar-refractivity contribution is 7.89. The summed E-state index contributed by atoms with van der Waals surface area (Å²) in [6.07, 6.45) is 2.91. The largest absolute Gasteiger partial charge is 0.464 e. The van der Waals surface area contributed by atoms with Crippen molar-refractivity contribution < 1.29 is 12.8 Å². The van der Waals surface area contributed by atoms with Crippen LogP contribution in [0.15, 0.2) is 62.8 Å². The molecule has 7 nitrogen and oxygen atoms in total. The first-order chi connectivity index (χ1) is 14.9. The van der Waals surface area contributed by atoms with Crippen molar-refractivity contribution in [2.24, 2.45) is 5.92 Å². The summed E-state index contributed by atoms with van der Waals surface area (Å²) in [5, 5.41) is 3.97. The van der Waals surface area contributed by atoms with Crippen LogP contribution in [0, 0.1) is 12.8 Å². The number of rotatable bonds is 3. The minimum absolute atomic E-state index is 0.0189. The molecular formula is C23H25N3O4S. The maximum atomic E-state index is 12.9. The number of likely N-dealkylation sites (tertiary alicyclic amines) is 1. The lowest BCUT2D eigenvalue weighted by molar-refractivity contribution is 0.162. The number of nitrogens with zero attached hydrogens (tertiary/aromatic N) is 1. The maximum absolute atomic E-state index is 12.9. The third-order valence-electron chi connectivity index (χ3n) is 6.27. The van der Waals surface area contributed by atoms with Crippen LogP contribution >= 0.6 is 0 Å². The van der Waals surface area contributed by atoms with E-state index in [0.29, 0.717) is 33.7 Å². The SMILES string of the molecule is Cc1ccc2occ(CN3CCC([C@H]4Nc5ccccc5S(=O)(=O)N4)CC3)c(=O)c2c1. The summed E-state index contributed by atoms with van der Waals surface area (Å²) in [4.78, 5) is 15.4. The van der Waals surface area contributed by atoms with Gasteiger partial charge >= 0.3 is 0 Å². The average Bonchev–Trinajstić information content (AvgIpc) is 2.76. The number of fused-ring (bicyclic) bond motifs is 2. The van der Waals surface area contributed by atoms with Gasteiger partial charge in [-0.1, -0.05) is 23.8 Å². The second kappa shape index (κ2) is 7.78. The third kappa shape index (κ3) is 3.86. The molecule has 5 rings (SSSR count). The second-order valence-corrected chi connectivity index (χ2v) is 10.1. The second-order valence-electron chi connectivity index (χ2n) is 8.44. The molecule has 162 valence electrons. The average molecular weight is 440 g/mol. The molecule has 0 bridgehead atoms. The van der Waals surface area contributed by atoms with Gasteiger partial charge in [-0.15, -0.1) is 0 Å². The quantitative estimate of drug-likeness (QED) is 0.652. The van der Waals surface area contributed by atoms with Crippen LogP contribution in [-0.4, -0.2) is 32.6 Å². The molecule has 0 aliphatic carbocycles. The summed E-state index contributed by atoms with van der Waals surface area (Å²) < 4.78 is 33.7. The van der Waals surface area contributed by atoms with Crippen LogP contribution in [0.5, 0.6) is 0 Å². The first-order valence-corrected chi connectivity index (χ1v) is 12.0. The van der Waals surface area contributed by atoms with E-state index in [1.54, 1.807) is 24.5 Å². The van der Waals surface area contributed by atoms with Crippen molar-refractivity contribution in [2.75, 3.05) is 18.4 Å². The molecule has 0 amide bonds. The van der Waals surface area contributed by atoms with E-state index in [0.717, 1.165) is 31.5 Å². The number of anilines is 1. The molecule has 31 heavy (non-hydrogen) atoms. The normalized spacial score (nSPS) is 21.5. The molecule has 3 heterocycles. The maximum Gasteiger partial charge on any atom is 0.244 e. The van der Waals surface area contributed by atoms with Crippen LogP contribution < -0.4 is 15.5 Å². The van der Waals surface area contributed by atoms with Crippen molar-refractivity contribution in [2.45, 2.75) is 37.4 Å². The van der Waals surface area contributed by atoms with Gasteiger partial charge in [0.15, 0.2) is 5.43 Å². The lowest BCUT2D eigenvalue weighted by atomic mass is 9.93. The Balaban J connectivity index is 1.27. The first kappa shape index (κ1) is 20.2. The van der Waals surface area contributed by atoms with E-state index in [4.69, 9.17) is 4.42 Å². The van der Waals surface area contributed by atoms with Gasteiger partial charge in [-0.3, -0.25) is 9.69 Å². The summed E-state index contributed by atoms with van der Waals surface area (Å²) in [6, 6.07) is 12.6. The van der Waals surface area contributed by atoms with Crippen LogP contribution in [0.2, 0.25) is 0 Å². The summed E-state index contributed by atoms with van der Waals surface area (Å²) in [6.45, 7) is 4.07. The molecule has 0 unspecified atom stereocenters. The van der Waals surface area contributed by atoms with Gasteiger partial charge in [0.05, 0.1) is 23.5 Å². The number of para-hydroxylation sites is 1. The molecule has 0 radical (unpaired) electrons. The summed E-state index contributed by atoms with van der Waals surface area (Å²) in [5.74, 6) is 0.176. The fraction of sp³-hybridized carbons (Fsp3) is 0.348.